The molecular weight excluding hydrogens is 372 g/mol. The first-order valence-electron chi connectivity index (χ1n) is 9.09. The zero-order valence-electron chi connectivity index (χ0n) is 16.5. The van der Waals surface area contributed by atoms with Crippen LogP contribution in [0.3, 0.4) is 0 Å². The number of aliphatic hydroxyl groups is 1. The summed E-state index contributed by atoms with van der Waals surface area (Å²) in [6.07, 6.45) is 3.56. The maximum atomic E-state index is 12.9. The molecular formula is C23H20O6. The summed E-state index contributed by atoms with van der Waals surface area (Å²) >= 11 is 0. The van der Waals surface area contributed by atoms with E-state index in [1.807, 2.05) is 19.9 Å². The summed E-state index contributed by atoms with van der Waals surface area (Å²) in [6.45, 7) is 10.5. The second kappa shape index (κ2) is 5.98. The Hall–Kier alpha value is -3.54. The number of hydrogen-bond acceptors (Lipinski definition) is 6. The first-order valence-corrected chi connectivity index (χ1v) is 9.09. The molecule has 4 rings (SSSR count). The summed E-state index contributed by atoms with van der Waals surface area (Å²) in [5, 5.41) is 21.2. The molecule has 2 heterocycles. The van der Waals surface area contributed by atoms with Gasteiger partial charge in [0.2, 0.25) is 0 Å². The highest BCUT2D eigenvalue weighted by Crippen LogP contribution is 2.39. The Morgan fingerprint density at radius 1 is 1.14 bits per heavy atom. The van der Waals surface area contributed by atoms with E-state index < -0.39 is 16.5 Å². The van der Waals surface area contributed by atoms with Crippen LogP contribution < -0.4 is 20.8 Å². The largest absolute Gasteiger partial charge is 0.512 e. The standard InChI is InChI=1S/C23H20O6/c1-10(2)13-8-14-20(27)18-15(25)9-16-12(6-7-23(4,5)29-16)21(18)28-22(14)17(11(3)24)19(13)26/h6-9,24,27H,1H2,2-5H3. The van der Waals surface area contributed by atoms with Gasteiger partial charge in [0.15, 0.2) is 22.0 Å². The molecule has 148 valence electrons. The number of rotatable bonds is 1. The Morgan fingerprint density at radius 2 is 1.83 bits per heavy atom. The Bertz CT molecular complexity index is 1430. The van der Waals surface area contributed by atoms with Gasteiger partial charge in [-0.15, -0.1) is 0 Å². The molecule has 0 spiro atoms. The number of ether oxygens (including phenoxy) is 1. The van der Waals surface area contributed by atoms with Crippen LogP contribution in [-0.2, 0) is 0 Å². The van der Waals surface area contributed by atoms with Crippen molar-refractivity contribution in [3.63, 3.8) is 0 Å². The molecule has 0 aliphatic carbocycles. The Labute approximate surface area is 165 Å². The molecule has 1 aliphatic heterocycles. The highest BCUT2D eigenvalue weighted by molar-refractivity contribution is 6.03. The Kier molecular flexibility index (Phi) is 3.88. The fourth-order valence-corrected chi connectivity index (χ4v) is 3.61. The number of benzene rings is 2. The van der Waals surface area contributed by atoms with E-state index in [0.29, 0.717) is 16.9 Å². The molecule has 2 N–H and O–H groups in total. The lowest BCUT2D eigenvalue weighted by Gasteiger charge is -2.27. The van der Waals surface area contributed by atoms with Crippen molar-refractivity contribution in [3.05, 3.63) is 61.6 Å². The molecule has 1 aromatic heterocycles. The van der Waals surface area contributed by atoms with Gasteiger partial charge in [0.05, 0.1) is 10.9 Å². The van der Waals surface area contributed by atoms with Gasteiger partial charge in [-0.05, 0) is 51.5 Å². The van der Waals surface area contributed by atoms with Crippen molar-refractivity contribution in [3.8, 4) is 11.5 Å². The molecule has 0 amide bonds. The van der Waals surface area contributed by atoms with Crippen LogP contribution in [0.2, 0.25) is 0 Å². The molecule has 0 fully saturated rings. The normalized spacial score (nSPS) is 15.9. The third kappa shape index (κ3) is 2.71. The van der Waals surface area contributed by atoms with Gasteiger partial charge >= 0.3 is 0 Å². The highest BCUT2D eigenvalue weighted by atomic mass is 16.5. The quantitative estimate of drug-likeness (QED) is 0.614. The predicted molar refractivity (Wildman–Crippen MR) is 113 cm³/mol. The number of hydrogen-bond donors (Lipinski definition) is 2. The average molecular weight is 392 g/mol. The van der Waals surface area contributed by atoms with Crippen LogP contribution in [0.4, 0.5) is 0 Å². The number of fused-ring (bicyclic) bond motifs is 4. The molecule has 6 heteroatoms. The van der Waals surface area contributed by atoms with E-state index in [0.717, 1.165) is 0 Å². The molecule has 0 saturated heterocycles. The van der Waals surface area contributed by atoms with Crippen LogP contribution in [0.1, 0.15) is 38.8 Å². The van der Waals surface area contributed by atoms with E-state index in [2.05, 4.69) is 6.58 Å². The van der Waals surface area contributed by atoms with E-state index in [1.165, 1.54) is 19.1 Å². The van der Waals surface area contributed by atoms with Gasteiger partial charge < -0.3 is 19.4 Å². The molecule has 0 radical (unpaired) electrons. The van der Waals surface area contributed by atoms with Crippen LogP contribution >= 0.6 is 0 Å². The monoisotopic (exact) mass is 392 g/mol. The van der Waals surface area contributed by atoms with Crippen molar-refractivity contribution in [1.82, 2.24) is 0 Å². The molecule has 0 bridgehead atoms. The first-order chi connectivity index (χ1) is 13.5. The van der Waals surface area contributed by atoms with Crippen molar-refractivity contribution >= 4 is 39.3 Å². The number of aromatic hydroxyl groups is 1. The van der Waals surface area contributed by atoms with Gasteiger partial charge in [-0.25, -0.2) is 0 Å². The second-order valence-corrected chi connectivity index (χ2v) is 7.85. The predicted octanol–water partition coefficient (Wildman–Crippen LogP) is 3.63. The van der Waals surface area contributed by atoms with Crippen LogP contribution in [0.25, 0.3) is 39.3 Å². The molecule has 29 heavy (non-hydrogen) atoms. The van der Waals surface area contributed by atoms with Crippen LogP contribution in [-0.4, -0.2) is 15.8 Å². The molecule has 0 atom stereocenters. The van der Waals surface area contributed by atoms with Crippen LogP contribution in [0.5, 0.6) is 11.5 Å². The topological polar surface area (TPSA) is 97.0 Å². The fourth-order valence-electron chi connectivity index (χ4n) is 3.61. The smallest absolute Gasteiger partial charge is 0.200 e. The van der Waals surface area contributed by atoms with Gasteiger partial charge in [0.25, 0.3) is 0 Å². The lowest BCUT2D eigenvalue weighted by molar-refractivity contribution is 0.159. The average Bonchev–Trinajstić information content (AvgIpc) is 2.59. The Morgan fingerprint density at radius 3 is 2.45 bits per heavy atom. The lowest BCUT2D eigenvalue weighted by Crippen LogP contribution is -2.30. The Balaban J connectivity index is 2.30. The molecule has 0 saturated carbocycles. The first kappa shape index (κ1) is 18.8. The highest BCUT2D eigenvalue weighted by Gasteiger charge is 2.27. The van der Waals surface area contributed by atoms with Crippen molar-refractivity contribution in [2.24, 2.45) is 0 Å². The van der Waals surface area contributed by atoms with Gasteiger partial charge in [0.1, 0.15) is 33.5 Å². The van der Waals surface area contributed by atoms with Crippen molar-refractivity contribution in [2.75, 3.05) is 0 Å². The maximum absolute atomic E-state index is 12.9. The van der Waals surface area contributed by atoms with Crippen molar-refractivity contribution in [1.29, 1.82) is 0 Å². The summed E-state index contributed by atoms with van der Waals surface area (Å²) in [7, 11) is 0. The zero-order valence-corrected chi connectivity index (χ0v) is 16.5. The van der Waals surface area contributed by atoms with Gasteiger partial charge in [0, 0.05) is 11.6 Å². The zero-order chi connectivity index (χ0) is 21.2. The fraction of sp³-hybridized carbons (Fsp3) is 0.217. The molecule has 1 aliphatic rings. The van der Waals surface area contributed by atoms with Crippen molar-refractivity contribution in [2.45, 2.75) is 33.3 Å². The molecule has 3 aromatic rings. The third-order valence-electron chi connectivity index (χ3n) is 5.02. The van der Waals surface area contributed by atoms with Crippen LogP contribution in [0.15, 0.2) is 38.8 Å². The number of aliphatic hydroxyl groups excluding tert-OH is 1. The minimum atomic E-state index is -0.606. The minimum Gasteiger partial charge on any atom is -0.512 e. The van der Waals surface area contributed by atoms with Gasteiger partial charge in [-0.1, -0.05) is 6.58 Å². The third-order valence-corrected chi connectivity index (χ3v) is 5.02. The summed E-state index contributed by atoms with van der Waals surface area (Å²) in [6, 6.07) is 2.75. The van der Waals surface area contributed by atoms with E-state index in [9.17, 15) is 19.8 Å². The van der Waals surface area contributed by atoms with Gasteiger partial charge in [-0.2, -0.15) is 0 Å². The summed E-state index contributed by atoms with van der Waals surface area (Å²) in [4.78, 5) is 25.6. The van der Waals surface area contributed by atoms with E-state index in [1.54, 1.807) is 13.0 Å². The SMILES string of the molecule is C=C(C)c1cc2c(O)c3c(=O)cc4c(c3oc2c(=C(C)O)c1=O)C=CC(C)(C)O4. The molecule has 0 unspecified atom stereocenters. The van der Waals surface area contributed by atoms with E-state index >= 15 is 0 Å². The molecule has 2 aromatic carbocycles. The maximum Gasteiger partial charge on any atom is 0.200 e. The summed E-state index contributed by atoms with van der Waals surface area (Å²) < 4.78 is 11.8. The second-order valence-electron chi connectivity index (χ2n) is 7.85. The van der Waals surface area contributed by atoms with E-state index in [-0.39, 0.29) is 44.2 Å². The molecule has 6 nitrogen and oxygen atoms in total. The minimum absolute atomic E-state index is 0.00367. The van der Waals surface area contributed by atoms with Crippen LogP contribution in [0, 0.1) is 0 Å². The summed E-state index contributed by atoms with van der Waals surface area (Å²) in [5.41, 5.74) is -0.286. The van der Waals surface area contributed by atoms with Crippen molar-refractivity contribution < 1.29 is 19.4 Å². The van der Waals surface area contributed by atoms with Gasteiger partial charge in [-0.3, -0.25) is 9.59 Å². The lowest BCUT2D eigenvalue weighted by atomic mass is 9.98. The summed E-state index contributed by atoms with van der Waals surface area (Å²) in [5.74, 6) is -0.257. The number of allylic oxidation sites excluding steroid dienone is 1. The van der Waals surface area contributed by atoms with E-state index in [4.69, 9.17) is 9.15 Å².